The van der Waals surface area contributed by atoms with Gasteiger partial charge in [0.15, 0.2) is 0 Å². The van der Waals surface area contributed by atoms with Crippen molar-refractivity contribution >= 4 is 27.7 Å². The lowest BCUT2D eigenvalue weighted by Crippen LogP contribution is -2.61. The van der Waals surface area contributed by atoms with Gasteiger partial charge in [0, 0.05) is 29.4 Å². The van der Waals surface area contributed by atoms with Crippen LogP contribution in [0, 0.1) is 23.2 Å². The molecule has 5 heteroatoms. The lowest BCUT2D eigenvalue weighted by atomic mass is 9.49. The van der Waals surface area contributed by atoms with Gasteiger partial charge >= 0.3 is 0 Å². The fourth-order valence-corrected chi connectivity index (χ4v) is 7.84. The Bertz CT molecular complexity index is 562. The molecule has 0 spiro atoms. The molecule has 0 aromatic heterocycles. The van der Waals surface area contributed by atoms with Crippen LogP contribution in [0.3, 0.4) is 0 Å². The third-order valence-corrected chi connectivity index (χ3v) is 7.95. The van der Waals surface area contributed by atoms with Crippen molar-refractivity contribution in [2.75, 3.05) is 13.1 Å². The summed E-state index contributed by atoms with van der Waals surface area (Å²) >= 11 is 4.02. The summed E-state index contributed by atoms with van der Waals surface area (Å²) in [4.78, 5) is 27.7. The number of nitrogens with one attached hydrogen (secondary N) is 1. The lowest BCUT2D eigenvalue weighted by Gasteiger charge is -2.60. The molecule has 2 amide bonds. The number of piperidine rings is 1. The molecule has 0 radical (unpaired) electrons. The maximum Gasteiger partial charge on any atom is 0.228 e. The number of nitrogens with zero attached hydrogens (tertiary/aromatic N) is 1. The van der Waals surface area contributed by atoms with Crippen LogP contribution >= 0.6 is 15.9 Å². The molecule has 1 heterocycles. The maximum absolute atomic E-state index is 13.6. The minimum Gasteiger partial charge on any atom is -0.351 e. The minimum absolute atomic E-state index is 0.00230. The van der Waals surface area contributed by atoms with Crippen molar-refractivity contribution in [3.05, 3.63) is 0 Å². The molecule has 4 saturated carbocycles. The van der Waals surface area contributed by atoms with Crippen molar-refractivity contribution in [2.45, 2.75) is 75.6 Å². The third-order valence-electron chi connectivity index (χ3n) is 7.02. The molecule has 0 aromatic carbocycles. The highest BCUT2D eigenvalue weighted by molar-refractivity contribution is 9.10. The van der Waals surface area contributed by atoms with Crippen molar-refractivity contribution in [3.63, 3.8) is 0 Å². The van der Waals surface area contributed by atoms with E-state index >= 15 is 0 Å². The number of amides is 2. The fourth-order valence-electron chi connectivity index (χ4n) is 6.38. The molecule has 1 aliphatic heterocycles. The summed E-state index contributed by atoms with van der Waals surface area (Å²) in [7, 11) is 0. The number of halogens is 1. The highest BCUT2D eigenvalue weighted by Gasteiger charge is 2.60. The van der Waals surface area contributed by atoms with Crippen LogP contribution in [0.5, 0.6) is 0 Å². The van der Waals surface area contributed by atoms with E-state index in [1.165, 1.54) is 19.3 Å². The lowest BCUT2D eigenvalue weighted by molar-refractivity contribution is -0.157. The normalized spacial score (nSPS) is 42.7. The monoisotopic (exact) mass is 410 g/mol. The number of likely N-dealkylation sites (tertiary alicyclic amines) is 1. The molecule has 4 nitrogen and oxygen atoms in total. The number of carbonyl (C=O) groups excluding carboxylic acids is 2. The molecule has 3 unspecified atom stereocenters. The molecule has 1 saturated heterocycles. The Morgan fingerprint density at radius 3 is 2.44 bits per heavy atom. The van der Waals surface area contributed by atoms with Gasteiger partial charge in [0.2, 0.25) is 11.8 Å². The smallest absolute Gasteiger partial charge is 0.228 e. The van der Waals surface area contributed by atoms with Gasteiger partial charge < -0.3 is 10.2 Å². The zero-order chi connectivity index (χ0) is 17.8. The van der Waals surface area contributed by atoms with E-state index in [9.17, 15) is 9.59 Å². The fraction of sp³-hybridized carbons (Fsp3) is 0.900. The number of carbonyl (C=O) groups is 2. The van der Waals surface area contributed by atoms with Gasteiger partial charge in [-0.05, 0) is 63.2 Å². The average molecular weight is 411 g/mol. The molecular formula is C20H31BrN2O2. The van der Waals surface area contributed by atoms with Gasteiger partial charge in [-0.15, -0.1) is 0 Å². The van der Waals surface area contributed by atoms with Crippen LogP contribution in [0.1, 0.15) is 65.2 Å². The zero-order valence-electron chi connectivity index (χ0n) is 15.5. The first-order chi connectivity index (χ1) is 11.8. The van der Waals surface area contributed by atoms with E-state index in [0.717, 1.165) is 50.5 Å². The van der Waals surface area contributed by atoms with E-state index in [-0.39, 0.29) is 27.6 Å². The number of alkyl halides is 1. The summed E-state index contributed by atoms with van der Waals surface area (Å²) in [5.41, 5.74) is -0.127. The third kappa shape index (κ3) is 3.26. The van der Waals surface area contributed by atoms with Crippen LogP contribution in [0.15, 0.2) is 0 Å². The standard InChI is InChI=1S/C20H31BrN2O2/c1-13(2)17(24)22-16-4-3-5-23(11-16)18(25)19-7-14-6-15(8-19)10-20(21,9-14)12-19/h13-16H,3-12H2,1-2H3,(H,22,24). The van der Waals surface area contributed by atoms with E-state index in [1.807, 2.05) is 13.8 Å². The maximum atomic E-state index is 13.6. The van der Waals surface area contributed by atoms with Crippen molar-refractivity contribution in [3.8, 4) is 0 Å². The van der Waals surface area contributed by atoms with Crippen molar-refractivity contribution in [1.29, 1.82) is 0 Å². The molecular weight excluding hydrogens is 380 g/mol. The first-order valence-electron chi connectivity index (χ1n) is 10.1. The molecule has 5 aliphatic rings. The highest BCUT2D eigenvalue weighted by Crippen LogP contribution is 2.64. The first-order valence-corrected chi connectivity index (χ1v) is 10.9. The Kier molecular flexibility index (Phi) is 4.45. The van der Waals surface area contributed by atoms with E-state index in [0.29, 0.717) is 12.5 Å². The Labute approximate surface area is 159 Å². The average Bonchev–Trinajstić information content (AvgIpc) is 2.52. The Morgan fingerprint density at radius 1 is 1.16 bits per heavy atom. The molecule has 3 atom stereocenters. The molecule has 140 valence electrons. The summed E-state index contributed by atoms with van der Waals surface area (Å²) in [5.74, 6) is 1.95. The van der Waals surface area contributed by atoms with E-state index in [2.05, 4.69) is 26.1 Å². The number of hydrogen-bond donors (Lipinski definition) is 1. The van der Waals surface area contributed by atoms with E-state index in [1.54, 1.807) is 0 Å². The van der Waals surface area contributed by atoms with Gasteiger partial charge in [-0.1, -0.05) is 29.8 Å². The van der Waals surface area contributed by atoms with Crippen LogP contribution in [-0.4, -0.2) is 40.2 Å². The first kappa shape index (κ1) is 17.8. The van der Waals surface area contributed by atoms with Gasteiger partial charge in [-0.2, -0.15) is 0 Å². The minimum atomic E-state index is -0.127. The molecule has 4 bridgehead atoms. The number of rotatable bonds is 3. The number of hydrogen-bond acceptors (Lipinski definition) is 2. The van der Waals surface area contributed by atoms with Crippen LogP contribution in [0.2, 0.25) is 0 Å². The van der Waals surface area contributed by atoms with Gasteiger partial charge in [0.1, 0.15) is 0 Å². The molecule has 1 N–H and O–H groups in total. The van der Waals surface area contributed by atoms with Gasteiger partial charge in [0.25, 0.3) is 0 Å². The molecule has 5 fully saturated rings. The second-order valence-electron chi connectivity index (χ2n) is 9.65. The van der Waals surface area contributed by atoms with E-state index in [4.69, 9.17) is 0 Å². The Balaban J connectivity index is 1.46. The molecule has 4 aliphatic carbocycles. The van der Waals surface area contributed by atoms with Crippen LogP contribution in [0.25, 0.3) is 0 Å². The van der Waals surface area contributed by atoms with Gasteiger partial charge in [0.05, 0.1) is 5.41 Å². The topological polar surface area (TPSA) is 49.4 Å². The SMILES string of the molecule is CC(C)C(=O)NC1CCCN(C(=O)C23CC4CC(CC(Br)(C4)C2)C3)C1. The van der Waals surface area contributed by atoms with Crippen LogP contribution in [-0.2, 0) is 9.59 Å². The van der Waals surface area contributed by atoms with Crippen molar-refractivity contribution in [2.24, 2.45) is 23.2 Å². The summed E-state index contributed by atoms with van der Waals surface area (Å²) < 4.78 is 0.216. The zero-order valence-corrected chi connectivity index (χ0v) is 17.1. The summed E-state index contributed by atoms with van der Waals surface area (Å²) in [5, 5.41) is 3.14. The molecule has 25 heavy (non-hydrogen) atoms. The second-order valence-corrected chi connectivity index (χ2v) is 11.3. The molecule has 0 aromatic rings. The largest absolute Gasteiger partial charge is 0.351 e. The predicted molar refractivity (Wildman–Crippen MR) is 101 cm³/mol. The second kappa shape index (κ2) is 6.24. The molecule has 5 rings (SSSR count). The Morgan fingerprint density at radius 2 is 1.84 bits per heavy atom. The summed E-state index contributed by atoms with van der Waals surface area (Å²) in [6.07, 6.45) is 9.03. The Hall–Kier alpha value is -0.580. The summed E-state index contributed by atoms with van der Waals surface area (Å²) in [6, 6.07) is 0.124. The van der Waals surface area contributed by atoms with Gasteiger partial charge in [-0.25, -0.2) is 0 Å². The quantitative estimate of drug-likeness (QED) is 0.723. The summed E-state index contributed by atoms with van der Waals surface area (Å²) in [6.45, 7) is 5.40. The van der Waals surface area contributed by atoms with Crippen molar-refractivity contribution < 1.29 is 9.59 Å². The van der Waals surface area contributed by atoms with Crippen molar-refractivity contribution in [1.82, 2.24) is 10.2 Å². The van der Waals surface area contributed by atoms with Gasteiger partial charge in [-0.3, -0.25) is 9.59 Å². The highest BCUT2D eigenvalue weighted by atomic mass is 79.9. The van der Waals surface area contributed by atoms with Crippen LogP contribution < -0.4 is 5.32 Å². The van der Waals surface area contributed by atoms with Crippen LogP contribution in [0.4, 0.5) is 0 Å². The predicted octanol–water partition coefficient (Wildman–Crippen LogP) is 3.48. The van der Waals surface area contributed by atoms with E-state index < -0.39 is 0 Å².